The monoisotopic (exact) mass is 533 g/mol. The van der Waals surface area contributed by atoms with Gasteiger partial charge in [-0.15, -0.1) is 6.58 Å². The molecule has 0 spiro atoms. The van der Waals surface area contributed by atoms with E-state index in [4.69, 9.17) is 9.47 Å². The molecule has 3 saturated heterocycles. The summed E-state index contributed by atoms with van der Waals surface area (Å²) in [5, 5.41) is 25.8. The van der Waals surface area contributed by atoms with Crippen molar-refractivity contribution >= 4 is 34.1 Å². The molecule has 6 rings (SSSR count). The Morgan fingerprint density at radius 1 is 1.18 bits per heavy atom. The number of hydrogen-bond donors (Lipinski definition) is 1. The van der Waals surface area contributed by atoms with Crippen LogP contribution in [0.1, 0.15) is 24.5 Å². The third kappa shape index (κ3) is 5.23. The van der Waals surface area contributed by atoms with Crippen LogP contribution in [0.15, 0.2) is 61.3 Å². The fourth-order valence-corrected chi connectivity index (χ4v) is 5.70. The summed E-state index contributed by atoms with van der Waals surface area (Å²) in [5.41, 5.74) is 0.297. The first-order valence-electron chi connectivity index (χ1n) is 12.5. The fourth-order valence-electron chi connectivity index (χ4n) is 5.70. The fraction of sp³-hybridized carbons (Fsp3) is 0.333. The second-order valence-electron chi connectivity index (χ2n) is 9.73. The molecule has 1 amide bonds. The maximum atomic E-state index is 13.2. The maximum absolute atomic E-state index is 13.2. The third-order valence-electron chi connectivity index (χ3n) is 7.60. The first-order valence-corrected chi connectivity index (χ1v) is 12.5. The molecular weight excluding hydrogens is 506 g/mol. The van der Waals surface area contributed by atoms with Crippen molar-refractivity contribution < 1.29 is 24.1 Å². The Bertz CT molecular complexity index is 1430. The van der Waals surface area contributed by atoms with Crippen molar-refractivity contribution in [1.82, 2.24) is 9.88 Å². The van der Waals surface area contributed by atoms with E-state index in [2.05, 4.69) is 21.8 Å². The van der Waals surface area contributed by atoms with E-state index >= 15 is 0 Å². The van der Waals surface area contributed by atoms with Gasteiger partial charge in [-0.25, -0.2) is 4.79 Å². The van der Waals surface area contributed by atoms with Crippen LogP contribution < -0.4 is 10.1 Å². The number of nitrogens with zero attached hydrogens (tertiary/aromatic N) is 4. The number of rotatable bonds is 8. The lowest BCUT2D eigenvalue weighted by molar-refractivity contribution is -0.394. The SMILES string of the molecule is C=CC1CN2CCC1CC2C(OC(=O)Nc1cc([N+](=O)[O-])cc([N+](=O)[O-])c1)c1ccnc2ccc(OC)cc12. The number of anilines is 1. The normalized spacial score (nSPS) is 22.6. The number of benzene rings is 2. The molecule has 3 aromatic rings. The Balaban J connectivity index is 1.51. The molecule has 1 N–H and O–H groups in total. The van der Waals surface area contributed by atoms with Gasteiger partial charge in [-0.3, -0.25) is 35.4 Å². The smallest absolute Gasteiger partial charge is 0.412 e. The van der Waals surface area contributed by atoms with Gasteiger partial charge in [0.2, 0.25) is 0 Å². The van der Waals surface area contributed by atoms with E-state index in [1.807, 2.05) is 24.3 Å². The molecule has 0 radical (unpaired) electrons. The topological polar surface area (TPSA) is 150 Å². The number of hydrogen-bond acceptors (Lipinski definition) is 9. The van der Waals surface area contributed by atoms with Gasteiger partial charge in [0.1, 0.15) is 11.9 Å². The van der Waals surface area contributed by atoms with E-state index in [1.165, 1.54) is 0 Å². The van der Waals surface area contributed by atoms with Crippen LogP contribution in [0.4, 0.5) is 21.9 Å². The van der Waals surface area contributed by atoms with Gasteiger partial charge >= 0.3 is 6.09 Å². The molecule has 1 aromatic heterocycles. The van der Waals surface area contributed by atoms with Gasteiger partial charge in [0.05, 0.1) is 40.3 Å². The summed E-state index contributed by atoms with van der Waals surface area (Å²) in [6, 6.07) is 10.1. The zero-order chi connectivity index (χ0) is 27.7. The van der Waals surface area contributed by atoms with Gasteiger partial charge in [0.25, 0.3) is 11.4 Å². The highest BCUT2D eigenvalue weighted by Gasteiger charge is 2.44. The lowest BCUT2D eigenvalue weighted by atomic mass is 9.73. The number of amides is 1. The highest BCUT2D eigenvalue weighted by atomic mass is 16.6. The van der Waals surface area contributed by atoms with Gasteiger partial charge in [-0.1, -0.05) is 6.08 Å². The van der Waals surface area contributed by atoms with Crippen molar-refractivity contribution in [2.24, 2.45) is 11.8 Å². The van der Waals surface area contributed by atoms with Crippen LogP contribution in [0.2, 0.25) is 0 Å². The van der Waals surface area contributed by atoms with Gasteiger partial charge in [-0.2, -0.15) is 0 Å². The number of piperidine rings is 3. The molecule has 12 nitrogen and oxygen atoms in total. The molecule has 5 unspecified atom stereocenters. The third-order valence-corrected chi connectivity index (χ3v) is 7.60. The zero-order valence-electron chi connectivity index (χ0n) is 21.2. The number of nitro groups is 2. The molecule has 3 fully saturated rings. The predicted octanol–water partition coefficient (Wildman–Crippen LogP) is 5.25. The predicted molar refractivity (Wildman–Crippen MR) is 143 cm³/mol. The number of nitrogens with one attached hydrogen (secondary N) is 1. The number of carbonyl (C=O) groups is 1. The second-order valence-corrected chi connectivity index (χ2v) is 9.73. The largest absolute Gasteiger partial charge is 0.497 e. The Morgan fingerprint density at radius 3 is 2.54 bits per heavy atom. The van der Waals surface area contributed by atoms with E-state index in [9.17, 15) is 25.0 Å². The summed E-state index contributed by atoms with van der Waals surface area (Å²) in [6.45, 7) is 5.63. The van der Waals surface area contributed by atoms with E-state index in [0.29, 0.717) is 23.1 Å². The summed E-state index contributed by atoms with van der Waals surface area (Å²) in [4.78, 5) is 41.1. The molecule has 0 aliphatic carbocycles. The average molecular weight is 534 g/mol. The van der Waals surface area contributed by atoms with Gasteiger partial charge in [0.15, 0.2) is 0 Å². The lowest BCUT2D eigenvalue weighted by Gasteiger charge is -2.51. The number of non-ortho nitro benzene ring substituents is 2. The van der Waals surface area contributed by atoms with E-state index in [1.54, 1.807) is 19.4 Å². The number of pyridine rings is 1. The van der Waals surface area contributed by atoms with Crippen molar-refractivity contribution in [3.63, 3.8) is 0 Å². The molecule has 202 valence electrons. The molecule has 3 aliphatic heterocycles. The highest BCUT2D eigenvalue weighted by Crippen LogP contribution is 2.44. The number of fused-ring (bicyclic) bond motifs is 4. The minimum atomic E-state index is -0.884. The Kier molecular flexibility index (Phi) is 7.11. The molecule has 3 aliphatic rings. The molecule has 2 bridgehead atoms. The Morgan fingerprint density at radius 2 is 1.92 bits per heavy atom. The molecule has 12 heteroatoms. The van der Waals surface area contributed by atoms with Crippen LogP contribution in [-0.2, 0) is 4.74 Å². The second kappa shape index (κ2) is 10.7. The minimum absolute atomic E-state index is 0.113. The lowest BCUT2D eigenvalue weighted by Crippen LogP contribution is -2.55. The van der Waals surface area contributed by atoms with Crippen LogP contribution >= 0.6 is 0 Å². The van der Waals surface area contributed by atoms with Gasteiger partial charge in [-0.05, 0) is 55.5 Å². The minimum Gasteiger partial charge on any atom is -0.497 e. The number of aromatic nitrogens is 1. The summed E-state index contributed by atoms with van der Waals surface area (Å²) >= 11 is 0. The Hall–Kier alpha value is -4.58. The molecule has 5 atom stereocenters. The molecule has 4 heterocycles. The summed E-state index contributed by atoms with van der Waals surface area (Å²) in [5.74, 6) is 1.37. The maximum Gasteiger partial charge on any atom is 0.412 e. The Labute approximate surface area is 223 Å². The highest BCUT2D eigenvalue weighted by molar-refractivity contribution is 5.87. The molecule has 2 aromatic carbocycles. The van der Waals surface area contributed by atoms with Crippen LogP contribution in [0.3, 0.4) is 0 Å². The molecule has 0 saturated carbocycles. The van der Waals surface area contributed by atoms with Crippen molar-refractivity contribution in [1.29, 1.82) is 0 Å². The number of ether oxygens (including phenoxy) is 2. The van der Waals surface area contributed by atoms with Crippen molar-refractivity contribution in [2.75, 3.05) is 25.5 Å². The van der Waals surface area contributed by atoms with E-state index in [-0.39, 0.29) is 11.7 Å². The summed E-state index contributed by atoms with van der Waals surface area (Å²) < 4.78 is 11.5. The average Bonchev–Trinajstić information content (AvgIpc) is 2.95. The number of carbonyl (C=O) groups excluding carboxylic acids is 1. The zero-order valence-corrected chi connectivity index (χ0v) is 21.2. The molecular formula is C27H27N5O7. The summed E-state index contributed by atoms with van der Waals surface area (Å²) in [6.07, 6.45) is 3.84. The first-order chi connectivity index (χ1) is 18.8. The quantitative estimate of drug-likeness (QED) is 0.233. The van der Waals surface area contributed by atoms with Crippen molar-refractivity contribution in [3.8, 4) is 5.75 Å². The summed E-state index contributed by atoms with van der Waals surface area (Å²) in [7, 11) is 1.57. The van der Waals surface area contributed by atoms with Gasteiger partial charge in [0, 0.05) is 35.8 Å². The van der Waals surface area contributed by atoms with E-state index in [0.717, 1.165) is 55.1 Å². The standard InChI is InChI=1S/C27H27N5O7/c1-3-16-15-30-9-7-17(16)10-25(30)26(22-6-8-28-24-5-4-21(38-2)14-23(22)24)39-27(33)29-18-11-19(31(34)35)13-20(12-18)32(36)37/h3-6,8,11-14,16-17,25-26H,1,7,9-10,15H2,2H3,(H,29,33). The van der Waals surface area contributed by atoms with Crippen LogP contribution in [-0.4, -0.2) is 52.1 Å². The number of methoxy groups -OCH3 is 1. The van der Waals surface area contributed by atoms with E-state index < -0.39 is 33.4 Å². The van der Waals surface area contributed by atoms with Crippen LogP contribution in [0, 0.1) is 32.1 Å². The molecule has 39 heavy (non-hydrogen) atoms. The van der Waals surface area contributed by atoms with Crippen LogP contribution in [0.5, 0.6) is 5.75 Å². The van der Waals surface area contributed by atoms with Gasteiger partial charge < -0.3 is 9.47 Å². The van der Waals surface area contributed by atoms with Crippen molar-refractivity contribution in [2.45, 2.75) is 25.0 Å². The first kappa shape index (κ1) is 26.0. The van der Waals surface area contributed by atoms with Crippen molar-refractivity contribution in [3.05, 3.63) is 87.1 Å². The van der Waals surface area contributed by atoms with Crippen LogP contribution in [0.25, 0.3) is 10.9 Å². The number of nitro benzene ring substituents is 2.